The lowest BCUT2D eigenvalue weighted by Gasteiger charge is -2.14. The summed E-state index contributed by atoms with van der Waals surface area (Å²) >= 11 is 16.7. The maximum Gasteiger partial charge on any atom is 0.261 e. The number of aryl methyl sites for hydroxylation is 1. The van der Waals surface area contributed by atoms with Crippen molar-refractivity contribution >= 4 is 78.0 Å². The van der Waals surface area contributed by atoms with Gasteiger partial charge in [-0.3, -0.25) is 10.1 Å². The minimum atomic E-state index is -0.387. The van der Waals surface area contributed by atoms with Crippen LogP contribution in [0, 0.1) is 6.92 Å². The number of nitrogens with one attached hydrogen (secondary N) is 2. The Balaban J connectivity index is 1.55. The van der Waals surface area contributed by atoms with Gasteiger partial charge in [-0.15, -0.1) is 11.3 Å². The lowest BCUT2D eigenvalue weighted by Crippen LogP contribution is -2.34. The normalized spacial score (nSPS) is 10.8. The van der Waals surface area contributed by atoms with Crippen LogP contribution in [0.3, 0.4) is 0 Å². The number of methoxy groups -OCH3 is 1. The summed E-state index contributed by atoms with van der Waals surface area (Å²) in [6.07, 6.45) is 0. The molecule has 3 aromatic carbocycles. The smallest absolute Gasteiger partial charge is 0.261 e. The first-order valence-corrected chi connectivity index (χ1v) is 11.9. The summed E-state index contributed by atoms with van der Waals surface area (Å²) in [6.45, 7) is 1.87. The van der Waals surface area contributed by atoms with Crippen molar-refractivity contribution in [3.8, 4) is 16.3 Å². The number of aromatic nitrogens is 1. The molecular weight excluding hydrogens is 530 g/mol. The van der Waals surface area contributed by atoms with Crippen LogP contribution in [0.4, 0.5) is 5.69 Å². The summed E-state index contributed by atoms with van der Waals surface area (Å²) in [5.41, 5.74) is 3.62. The molecule has 5 nitrogen and oxygen atoms in total. The van der Waals surface area contributed by atoms with Crippen molar-refractivity contribution in [1.29, 1.82) is 0 Å². The molecular formula is C23H17BrClN3O2S2. The predicted molar refractivity (Wildman–Crippen MR) is 139 cm³/mol. The molecule has 0 aliphatic rings. The molecule has 1 aromatic heterocycles. The standard InChI is InChI=1S/C23H17BrClN3O2S2/c1-12-9-14(24)11-15(20(12)30-2)21(29)28-23(31)27-18-10-13(7-8-16(18)25)22-26-17-5-3-4-6-19(17)32-22/h3-11H,1-2H3,(H2,27,28,29,31). The highest BCUT2D eigenvalue weighted by Gasteiger charge is 2.17. The molecule has 2 N–H and O–H groups in total. The second-order valence-electron chi connectivity index (χ2n) is 6.89. The number of hydrogen-bond acceptors (Lipinski definition) is 5. The van der Waals surface area contributed by atoms with Gasteiger partial charge in [-0.25, -0.2) is 4.98 Å². The minimum Gasteiger partial charge on any atom is -0.496 e. The number of halogens is 2. The predicted octanol–water partition coefficient (Wildman–Crippen LogP) is 6.82. The van der Waals surface area contributed by atoms with Gasteiger partial charge in [0.15, 0.2) is 5.11 Å². The third kappa shape index (κ3) is 4.78. The van der Waals surface area contributed by atoms with Crippen LogP contribution in [0.1, 0.15) is 15.9 Å². The molecule has 0 unspecified atom stereocenters. The molecule has 0 saturated carbocycles. The largest absolute Gasteiger partial charge is 0.496 e. The topological polar surface area (TPSA) is 63.2 Å². The number of thiocarbonyl (C=S) groups is 1. The average Bonchev–Trinajstić information content (AvgIpc) is 3.19. The van der Waals surface area contributed by atoms with E-state index in [1.165, 1.54) is 7.11 Å². The van der Waals surface area contributed by atoms with Crippen molar-refractivity contribution in [2.24, 2.45) is 0 Å². The van der Waals surface area contributed by atoms with Crippen LogP contribution in [0.5, 0.6) is 5.75 Å². The van der Waals surface area contributed by atoms with E-state index >= 15 is 0 Å². The summed E-state index contributed by atoms with van der Waals surface area (Å²) in [5.74, 6) is 0.103. The summed E-state index contributed by atoms with van der Waals surface area (Å²) in [7, 11) is 1.52. The van der Waals surface area contributed by atoms with E-state index in [2.05, 4.69) is 31.5 Å². The maximum atomic E-state index is 12.8. The number of carbonyl (C=O) groups excluding carboxylic acids is 1. The number of amides is 1. The molecule has 9 heteroatoms. The number of anilines is 1. The Labute approximate surface area is 207 Å². The summed E-state index contributed by atoms with van der Waals surface area (Å²) in [4.78, 5) is 17.5. The number of carbonyl (C=O) groups is 1. The molecule has 4 rings (SSSR count). The molecule has 0 bridgehead atoms. The van der Waals surface area contributed by atoms with Gasteiger partial charge in [-0.2, -0.15) is 0 Å². The van der Waals surface area contributed by atoms with Gasteiger partial charge in [0.25, 0.3) is 5.91 Å². The van der Waals surface area contributed by atoms with Crippen molar-refractivity contribution in [2.75, 3.05) is 12.4 Å². The van der Waals surface area contributed by atoms with Crippen LogP contribution >= 0.6 is 51.1 Å². The third-order valence-electron chi connectivity index (χ3n) is 4.67. The van der Waals surface area contributed by atoms with E-state index in [1.807, 2.05) is 49.4 Å². The Kier molecular flexibility index (Phi) is 6.76. The number of para-hydroxylation sites is 1. The fourth-order valence-corrected chi connectivity index (χ4v) is 5.15. The number of hydrogen-bond donors (Lipinski definition) is 2. The van der Waals surface area contributed by atoms with Crippen molar-refractivity contribution in [3.63, 3.8) is 0 Å². The maximum absolute atomic E-state index is 12.8. The van der Waals surface area contributed by atoms with Crippen LogP contribution in [0.2, 0.25) is 5.02 Å². The molecule has 0 atom stereocenters. The molecule has 162 valence electrons. The average molecular weight is 547 g/mol. The Morgan fingerprint density at radius 3 is 2.72 bits per heavy atom. The fourth-order valence-electron chi connectivity index (χ4n) is 3.24. The first-order valence-electron chi connectivity index (χ1n) is 9.47. The van der Waals surface area contributed by atoms with Crippen LogP contribution in [0.15, 0.2) is 59.1 Å². The molecule has 1 amide bonds. The molecule has 0 aliphatic carbocycles. The van der Waals surface area contributed by atoms with Gasteiger partial charge in [-0.1, -0.05) is 45.7 Å². The van der Waals surface area contributed by atoms with E-state index in [-0.39, 0.29) is 11.0 Å². The lowest BCUT2D eigenvalue weighted by atomic mass is 10.1. The number of fused-ring (bicyclic) bond motifs is 1. The Bertz CT molecular complexity index is 1320. The Hall–Kier alpha value is -2.52. The molecule has 0 radical (unpaired) electrons. The van der Waals surface area contributed by atoms with Crippen LogP contribution < -0.4 is 15.4 Å². The number of rotatable bonds is 4. The minimum absolute atomic E-state index is 0.123. The first-order chi connectivity index (χ1) is 15.4. The van der Waals surface area contributed by atoms with Crippen molar-refractivity contribution in [1.82, 2.24) is 10.3 Å². The van der Waals surface area contributed by atoms with Gasteiger partial charge in [-0.05, 0) is 61.1 Å². The van der Waals surface area contributed by atoms with Crippen LogP contribution in [-0.4, -0.2) is 23.1 Å². The molecule has 1 heterocycles. The Morgan fingerprint density at radius 2 is 1.97 bits per heavy atom. The van der Waals surface area contributed by atoms with E-state index in [4.69, 9.17) is 28.6 Å². The highest BCUT2D eigenvalue weighted by Crippen LogP contribution is 2.34. The monoisotopic (exact) mass is 545 g/mol. The van der Waals surface area contributed by atoms with Gasteiger partial charge < -0.3 is 10.1 Å². The summed E-state index contributed by atoms with van der Waals surface area (Å²) in [6, 6.07) is 17.1. The van der Waals surface area contributed by atoms with E-state index in [1.54, 1.807) is 23.5 Å². The van der Waals surface area contributed by atoms with Crippen molar-refractivity contribution in [3.05, 3.63) is 75.2 Å². The van der Waals surface area contributed by atoms with Crippen molar-refractivity contribution in [2.45, 2.75) is 6.92 Å². The van der Waals surface area contributed by atoms with E-state index < -0.39 is 0 Å². The van der Waals surface area contributed by atoms with E-state index in [9.17, 15) is 4.79 Å². The summed E-state index contributed by atoms with van der Waals surface area (Å²) < 4.78 is 7.26. The number of benzene rings is 3. The van der Waals surface area contributed by atoms with Crippen molar-refractivity contribution < 1.29 is 9.53 Å². The van der Waals surface area contributed by atoms with Crippen LogP contribution in [0.25, 0.3) is 20.8 Å². The number of nitrogens with zero attached hydrogens (tertiary/aromatic N) is 1. The second kappa shape index (κ2) is 9.54. The summed E-state index contributed by atoms with van der Waals surface area (Å²) in [5, 5.41) is 7.17. The number of ether oxygens (including phenoxy) is 1. The quantitative estimate of drug-likeness (QED) is 0.275. The van der Waals surface area contributed by atoms with Gasteiger partial charge in [0.1, 0.15) is 10.8 Å². The molecule has 0 spiro atoms. The first kappa shape index (κ1) is 22.7. The SMILES string of the molecule is COc1c(C)cc(Br)cc1C(=O)NC(=S)Nc1cc(-c2nc3ccccc3s2)ccc1Cl. The molecule has 0 fully saturated rings. The highest BCUT2D eigenvalue weighted by atomic mass is 79.9. The Morgan fingerprint density at radius 1 is 1.19 bits per heavy atom. The van der Waals surface area contributed by atoms with Gasteiger partial charge in [0, 0.05) is 10.0 Å². The fraction of sp³-hybridized carbons (Fsp3) is 0.0870. The molecule has 0 aliphatic heterocycles. The highest BCUT2D eigenvalue weighted by molar-refractivity contribution is 9.10. The third-order valence-corrected chi connectivity index (χ3v) is 6.75. The molecule has 0 saturated heterocycles. The lowest BCUT2D eigenvalue weighted by molar-refractivity contribution is 0.0974. The zero-order valence-electron chi connectivity index (χ0n) is 17.0. The zero-order chi connectivity index (χ0) is 22.8. The van der Waals surface area contributed by atoms with E-state index in [0.717, 1.165) is 30.8 Å². The molecule has 32 heavy (non-hydrogen) atoms. The molecule has 4 aromatic rings. The zero-order valence-corrected chi connectivity index (χ0v) is 21.0. The van der Waals surface area contributed by atoms with Gasteiger partial charge >= 0.3 is 0 Å². The van der Waals surface area contributed by atoms with E-state index in [0.29, 0.717) is 22.0 Å². The van der Waals surface area contributed by atoms with Gasteiger partial charge in [0.2, 0.25) is 0 Å². The number of thiazole rings is 1. The van der Waals surface area contributed by atoms with Crippen LogP contribution in [-0.2, 0) is 0 Å². The second-order valence-corrected chi connectivity index (χ2v) is 9.65. The van der Waals surface area contributed by atoms with Gasteiger partial charge in [0.05, 0.1) is 33.6 Å².